The molecule has 0 amide bonds. The van der Waals surface area contributed by atoms with Crippen LogP contribution in [0.25, 0.3) is 0 Å². The Morgan fingerprint density at radius 2 is 1.39 bits per heavy atom. The van der Waals surface area contributed by atoms with E-state index in [-0.39, 0.29) is 49.6 Å². The second-order valence-electron chi connectivity index (χ2n) is 5.83. The van der Waals surface area contributed by atoms with Crippen molar-refractivity contribution < 1.29 is 0 Å². The molecule has 1 unspecified atom stereocenters. The lowest BCUT2D eigenvalue weighted by atomic mass is 10.2. The molecular formula is C15H38Cl4N4. The first-order valence-corrected chi connectivity index (χ1v) is 8.15. The van der Waals surface area contributed by atoms with Gasteiger partial charge in [0.2, 0.25) is 0 Å². The van der Waals surface area contributed by atoms with Gasteiger partial charge in [-0.25, -0.2) is 0 Å². The molecule has 3 atom stereocenters. The maximum absolute atomic E-state index is 5.89. The predicted octanol–water partition coefficient (Wildman–Crippen LogP) is 2.62. The molecule has 1 saturated carbocycles. The lowest BCUT2D eigenvalue weighted by Gasteiger charge is -2.09. The van der Waals surface area contributed by atoms with E-state index in [9.17, 15) is 0 Å². The van der Waals surface area contributed by atoms with Crippen LogP contribution in [0.2, 0.25) is 0 Å². The highest BCUT2D eigenvalue weighted by molar-refractivity contribution is 5.86. The molecule has 5 N–H and O–H groups in total. The van der Waals surface area contributed by atoms with E-state index in [1.54, 1.807) is 0 Å². The van der Waals surface area contributed by atoms with E-state index >= 15 is 0 Å². The van der Waals surface area contributed by atoms with E-state index in [0.717, 1.165) is 50.9 Å². The Balaban J connectivity index is -0.000000451. The van der Waals surface area contributed by atoms with E-state index in [0.29, 0.717) is 6.04 Å². The molecular weight excluding hydrogens is 378 g/mol. The highest BCUT2D eigenvalue weighted by Gasteiger charge is 2.35. The van der Waals surface area contributed by atoms with E-state index in [1.807, 2.05) is 0 Å². The van der Waals surface area contributed by atoms with Crippen molar-refractivity contribution in [1.29, 1.82) is 0 Å². The summed E-state index contributed by atoms with van der Waals surface area (Å²) in [7, 11) is 0. The molecule has 8 heteroatoms. The van der Waals surface area contributed by atoms with Crippen LogP contribution in [-0.4, -0.2) is 45.3 Å². The van der Waals surface area contributed by atoms with Crippen LogP contribution in [0.15, 0.2) is 0 Å². The van der Waals surface area contributed by atoms with Gasteiger partial charge in [0, 0.05) is 6.04 Å². The Bertz CT molecular complexity index is 226. The van der Waals surface area contributed by atoms with Crippen molar-refractivity contribution in [2.75, 3.05) is 39.3 Å². The first kappa shape index (κ1) is 31.7. The Kier molecular flexibility index (Phi) is 29.0. The summed E-state index contributed by atoms with van der Waals surface area (Å²) in [6, 6.07) is 0.376. The minimum absolute atomic E-state index is 0. The van der Waals surface area contributed by atoms with Crippen molar-refractivity contribution in [2.45, 2.75) is 45.6 Å². The monoisotopic (exact) mass is 414 g/mol. The second-order valence-corrected chi connectivity index (χ2v) is 5.83. The van der Waals surface area contributed by atoms with Crippen molar-refractivity contribution >= 4 is 49.6 Å². The largest absolute Gasteiger partial charge is 0.328 e. The zero-order chi connectivity index (χ0) is 13.9. The van der Waals surface area contributed by atoms with E-state index in [2.05, 4.69) is 29.8 Å². The Morgan fingerprint density at radius 3 is 1.91 bits per heavy atom. The number of rotatable bonds is 13. The summed E-state index contributed by atoms with van der Waals surface area (Å²) in [6.07, 6.45) is 4.83. The van der Waals surface area contributed by atoms with Gasteiger partial charge < -0.3 is 21.7 Å². The molecule has 1 fully saturated rings. The van der Waals surface area contributed by atoms with Crippen molar-refractivity contribution in [3.63, 3.8) is 0 Å². The highest BCUT2D eigenvalue weighted by Crippen LogP contribution is 2.36. The van der Waals surface area contributed by atoms with Gasteiger partial charge in [-0.2, -0.15) is 0 Å². The first-order chi connectivity index (χ1) is 9.27. The molecule has 0 spiro atoms. The molecule has 0 aliphatic heterocycles. The van der Waals surface area contributed by atoms with Crippen LogP contribution in [0.1, 0.15) is 39.5 Å². The SMILES string of the molecule is CCNCCCNC[C@@H]1C[C@H]1CNCCC(N)CC.Cl.Cl.Cl.Cl. The molecule has 1 aliphatic carbocycles. The Labute approximate surface area is 167 Å². The summed E-state index contributed by atoms with van der Waals surface area (Å²) >= 11 is 0. The number of nitrogens with two attached hydrogens (primary N) is 1. The molecule has 1 aliphatic rings. The number of nitrogens with one attached hydrogen (secondary N) is 3. The standard InChI is InChI=1S/C15H34N4.4ClH/c1-3-15(16)6-9-19-12-14-10-13(14)11-18-8-5-7-17-4-2;;;;/h13-15,17-19H,3-12,16H2,1-2H3;4*1H/t13-,14-,15?;;;;/m0..../s1. The zero-order valence-corrected chi connectivity index (χ0v) is 17.8. The topological polar surface area (TPSA) is 62.1 Å². The number of hydrogen-bond acceptors (Lipinski definition) is 4. The van der Waals surface area contributed by atoms with Gasteiger partial charge in [-0.1, -0.05) is 13.8 Å². The van der Waals surface area contributed by atoms with Crippen molar-refractivity contribution in [3.05, 3.63) is 0 Å². The molecule has 4 nitrogen and oxygen atoms in total. The average Bonchev–Trinajstić information content (AvgIpc) is 3.17. The molecule has 0 bridgehead atoms. The van der Waals surface area contributed by atoms with Crippen LogP contribution in [0.4, 0.5) is 0 Å². The Morgan fingerprint density at radius 1 is 0.870 bits per heavy atom. The minimum atomic E-state index is 0. The first-order valence-electron chi connectivity index (χ1n) is 8.15. The summed E-state index contributed by atoms with van der Waals surface area (Å²) in [5.74, 6) is 1.81. The van der Waals surface area contributed by atoms with Crippen LogP contribution in [-0.2, 0) is 0 Å². The molecule has 1 rings (SSSR count). The smallest absolute Gasteiger partial charge is 0.00482 e. The normalized spacial score (nSPS) is 19.4. The lowest BCUT2D eigenvalue weighted by molar-refractivity contribution is 0.516. The van der Waals surface area contributed by atoms with Gasteiger partial charge in [0.25, 0.3) is 0 Å². The van der Waals surface area contributed by atoms with Crippen molar-refractivity contribution in [3.8, 4) is 0 Å². The molecule has 0 saturated heterocycles. The van der Waals surface area contributed by atoms with Crippen LogP contribution in [0.3, 0.4) is 0 Å². The van der Waals surface area contributed by atoms with Crippen LogP contribution in [0, 0.1) is 11.8 Å². The van der Waals surface area contributed by atoms with Gasteiger partial charge in [0.15, 0.2) is 0 Å². The third-order valence-corrected chi connectivity index (χ3v) is 4.06. The molecule has 0 radical (unpaired) electrons. The summed E-state index contributed by atoms with van der Waals surface area (Å²) in [5.41, 5.74) is 5.89. The maximum atomic E-state index is 5.89. The molecule has 0 heterocycles. The van der Waals surface area contributed by atoms with E-state index < -0.39 is 0 Å². The van der Waals surface area contributed by atoms with Gasteiger partial charge in [0.05, 0.1) is 0 Å². The summed E-state index contributed by atoms with van der Waals surface area (Å²) in [6.45, 7) is 11.1. The number of halogens is 4. The van der Waals surface area contributed by atoms with Crippen molar-refractivity contribution in [2.24, 2.45) is 17.6 Å². The molecule has 146 valence electrons. The molecule has 0 aromatic rings. The van der Waals surface area contributed by atoms with Crippen LogP contribution in [0.5, 0.6) is 0 Å². The quantitative estimate of drug-likeness (QED) is 0.349. The van der Waals surface area contributed by atoms with E-state index in [1.165, 1.54) is 25.9 Å². The molecule has 0 aromatic heterocycles. The van der Waals surface area contributed by atoms with Gasteiger partial charge in [-0.05, 0) is 76.8 Å². The Hall–Kier alpha value is 1.00. The van der Waals surface area contributed by atoms with Gasteiger partial charge in [-0.15, -0.1) is 49.6 Å². The average molecular weight is 416 g/mol. The fourth-order valence-corrected chi connectivity index (χ4v) is 2.39. The zero-order valence-electron chi connectivity index (χ0n) is 14.5. The molecule has 23 heavy (non-hydrogen) atoms. The third-order valence-electron chi connectivity index (χ3n) is 4.06. The van der Waals surface area contributed by atoms with E-state index in [4.69, 9.17) is 5.73 Å². The van der Waals surface area contributed by atoms with Gasteiger partial charge in [-0.3, -0.25) is 0 Å². The van der Waals surface area contributed by atoms with Crippen molar-refractivity contribution in [1.82, 2.24) is 16.0 Å². The van der Waals surface area contributed by atoms with Gasteiger partial charge >= 0.3 is 0 Å². The lowest BCUT2D eigenvalue weighted by Crippen LogP contribution is -2.28. The minimum Gasteiger partial charge on any atom is -0.328 e. The second kappa shape index (κ2) is 21.0. The number of hydrogen-bond donors (Lipinski definition) is 4. The van der Waals surface area contributed by atoms with Gasteiger partial charge in [0.1, 0.15) is 0 Å². The highest BCUT2D eigenvalue weighted by atomic mass is 35.5. The molecule has 0 aromatic carbocycles. The summed E-state index contributed by atoms with van der Waals surface area (Å²) < 4.78 is 0. The third kappa shape index (κ3) is 17.6. The maximum Gasteiger partial charge on any atom is 0.00482 e. The summed E-state index contributed by atoms with van der Waals surface area (Å²) in [5, 5.41) is 10.5. The predicted molar refractivity (Wildman–Crippen MR) is 112 cm³/mol. The summed E-state index contributed by atoms with van der Waals surface area (Å²) in [4.78, 5) is 0. The fraction of sp³-hybridized carbons (Fsp3) is 1.00. The fourth-order valence-electron chi connectivity index (χ4n) is 2.39. The van der Waals surface area contributed by atoms with Crippen LogP contribution < -0.4 is 21.7 Å². The van der Waals surface area contributed by atoms with Crippen LogP contribution >= 0.6 is 49.6 Å².